The molecule has 4 fully saturated rings. The number of hydrogen-bond donors (Lipinski definition) is 2. The fourth-order valence-electron chi connectivity index (χ4n) is 10.7. The molecule has 0 spiro atoms. The van der Waals surface area contributed by atoms with Gasteiger partial charge in [0.05, 0.1) is 11.0 Å². The van der Waals surface area contributed by atoms with E-state index in [0.717, 1.165) is 50.5 Å². The fraction of sp³-hybridized carbons (Fsp3) is 0.743. The number of nitrogens with one attached hydrogen (secondary N) is 2. The molecule has 2 N–H and O–H groups in total. The highest BCUT2D eigenvalue weighted by atomic mass is 16.2. The quantitative estimate of drug-likeness (QED) is 0.407. The summed E-state index contributed by atoms with van der Waals surface area (Å²) < 4.78 is 0. The average Bonchev–Trinajstić information content (AvgIpc) is 3.76. The Morgan fingerprint density at radius 3 is 2.21 bits per heavy atom. The number of hydrazine groups is 1. The van der Waals surface area contributed by atoms with Crippen molar-refractivity contribution in [3.63, 3.8) is 0 Å². The molecule has 42 heavy (non-hydrogen) atoms. The predicted molar refractivity (Wildman–Crippen MR) is 158 cm³/mol. The second-order valence-electron chi connectivity index (χ2n) is 16.6. The molecule has 0 aliphatic heterocycles. The molecule has 6 rings (SSSR count). The monoisotopic (exact) mass is 573 g/mol. The third-order valence-corrected chi connectivity index (χ3v) is 13.6. The van der Waals surface area contributed by atoms with Gasteiger partial charge in [0, 0.05) is 22.7 Å². The van der Waals surface area contributed by atoms with Gasteiger partial charge in [-0.15, -0.1) is 0 Å². The maximum Gasteiger partial charge on any atom is 0.244 e. The molecule has 4 saturated carbocycles. The zero-order valence-electron chi connectivity index (χ0n) is 26.4. The van der Waals surface area contributed by atoms with Crippen LogP contribution in [-0.4, -0.2) is 23.4 Å². The van der Waals surface area contributed by atoms with E-state index in [0.29, 0.717) is 12.8 Å². The highest BCUT2D eigenvalue weighted by molar-refractivity contribution is 6.04. The van der Waals surface area contributed by atoms with Crippen molar-refractivity contribution in [2.24, 2.45) is 56.2 Å². The zero-order chi connectivity index (χ0) is 30.7. The van der Waals surface area contributed by atoms with E-state index in [1.54, 1.807) is 0 Å². The molecule has 0 radical (unpaired) electrons. The van der Waals surface area contributed by atoms with Gasteiger partial charge >= 0.3 is 0 Å². The maximum absolute atomic E-state index is 14.6. The van der Waals surface area contributed by atoms with E-state index in [1.807, 2.05) is 26.0 Å². The number of hydrogen-bond acceptors (Lipinski definition) is 5. The van der Waals surface area contributed by atoms with Crippen LogP contribution < -0.4 is 10.9 Å². The summed E-state index contributed by atoms with van der Waals surface area (Å²) in [6.45, 7) is 15.1. The van der Waals surface area contributed by atoms with Gasteiger partial charge in [0.15, 0.2) is 11.6 Å². The molecule has 0 aromatic carbocycles. The number of amides is 2. The highest BCUT2D eigenvalue weighted by Crippen LogP contribution is 2.74. The third kappa shape index (κ3) is 3.75. The Morgan fingerprint density at radius 1 is 0.905 bits per heavy atom. The van der Waals surface area contributed by atoms with E-state index in [-0.39, 0.29) is 68.9 Å². The van der Waals surface area contributed by atoms with Crippen molar-refractivity contribution in [3.8, 4) is 6.07 Å². The molecule has 7 nitrogen and oxygen atoms in total. The van der Waals surface area contributed by atoms with E-state index >= 15 is 0 Å². The van der Waals surface area contributed by atoms with Crippen LogP contribution in [0.5, 0.6) is 0 Å². The molecule has 0 saturated heterocycles. The Morgan fingerprint density at radius 2 is 1.57 bits per heavy atom. The molecule has 2 amide bonds. The summed E-state index contributed by atoms with van der Waals surface area (Å²) in [4.78, 5) is 54.3. The topological polar surface area (TPSA) is 116 Å². The van der Waals surface area contributed by atoms with Crippen LogP contribution in [0, 0.1) is 67.5 Å². The van der Waals surface area contributed by atoms with Gasteiger partial charge in [-0.1, -0.05) is 60.1 Å². The summed E-state index contributed by atoms with van der Waals surface area (Å²) in [5.41, 5.74) is 4.08. The van der Waals surface area contributed by atoms with Gasteiger partial charge in [0.1, 0.15) is 6.07 Å². The Balaban J connectivity index is 1.44. The lowest BCUT2D eigenvalue weighted by Gasteiger charge is -2.69. The van der Waals surface area contributed by atoms with Crippen LogP contribution in [0.4, 0.5) is 0 Å². The molecule has 6 aliphatic carbocycles. The van der Waals surface area contributed by atoms with E-state index < -0.39 is 16.2 Å². The first-order valence-corrected chi connectivity index (χ1v) is 16.0. The Bertz CT molecular complexity index is 1390. The van der Waals surface area contributed by atoms with Crippen molar-refractivity contribution in [1.82, 2.24) is 10.9 Å². The number of rotatable bonds is 2. The number of fused-ring (bicyclic) bond motifs is 7. The van der Waals surface area contributed by atoms with E-state index in [1.165, 1.54) is 0 Å². The van der Waals surface area contributed by atoms with E-state index in [2.05, 4.69) is 51.5 Å². The van der Waals surface area contributed by atoms with Crippen molar-refractivity contribution in [3.05, 3.63) is 23.3 Å². The fourth-order valence-corrected chi connectivity index (χ4v) is 10.7. The summed E-state index contributed by atoms with van der Waals surface area (Å²) >= 11 is 0. The lowest BCUT2D eigenvalue weighted by molar-refractivity contribution is -0.179. The van der Waals surface area contributed by atoms with Crippen LogP contribution in [0.3, 0.4) is 0 Å². The van der Waals surface area contributed by atoms with E-state index in [9.17, 15) is 24.4 Å². The summed E-state index contributed by atoms with van der Waals surface area (Å²) in [5.74, 6) is -0.748. The molecule has 6 aliphatic rings. The smallest absolute Gasteiger partial charge is 0.244 e. The van der Waals surface area contributed by atoms with Crippen molar-refractivity contribution in [2.45, 2.75) is 106 Å². The number of Topliss-reactive ketones (excluding diaryl/α,β-unsaturated/α-hetero) is 1. The standard InChI is InChI=1S/C35H47N3O4/c1-30(2)12-14-35(29(42)38-37-28(41)20-8-9-20)15-13-34(7)26(22(35)18-30)23(39)16-25-32(5)17-21(19-36)27(40)31(3,4)24(32)10-11-33(25,34)6/h16-17,20,22,24,26H,8-15,18H2,1-7H3,(H,37,41)(H,38,42)/t22-,24-,26-,32-,33+,34+,35-/m0/s1. The molecular weight excluding hydrogens is 526 g/mol. The minimum absolute atomic E-state index is 0.000901. The van der Waals surface area contributed by atoms with Crippen molar-refractivity contribution < 1.29 is 19.2 Å². The van der Waals surface area contributed by atoms with Gasteiger partial charge in [-0.05, 0) is 91.9 Å². The second-order valence-corrected chi connectivity index (χ2v) is 16.6. The van der Waals surface area contributed by atoms with E-state index in [4.69, 9.17) is 0 Å². The molecular formula is C35H47N3O4. The Hall–Kier alpha value is -2.75. The van der Waals surface area contributed by atoms with Gasteiger partial charge in [-0.2, -0.15) is 5.26 Å². The lowest BCUT2D eigenvalue weighted by Crippen LogP contribution is -2.67. The number of ketones is 2. The summed E-state index contributed by atoms with van der Waals surface area (Å²) in [5, 5.41) is 9.93. The largest absolute Gasteiger partial charge is 0.295 e. The average molecular weight is 574 g/mol. The molecule has 0 bridgehead atoms. The summed E-state index contributed by atoms with van der Waals surface area (Å²) in [6.07, 6.45) is 11.0. The van der Waals surface area contributed by atoms with Crippen LogP contribution >= 0.6 is 0 Å². The minimum atomic E-state index is -0.706. The van der Waals surface area contributed by atoms with Gasteiger partial charge in [0.25, 0.3) is 0 Å². The molecule has 0 aromatic rings. The SMILES string of the molecule is CC1(C)CC[C@]2(C(=O)NNC(=O)C3CC3)CC[C@]3(C)[C@H](C(=O)C=C4[C@@]5(C)C=C(C#N)C(=O)C(C)(C)[C@@H]5CC[C@]43C)[C@@H]2C1. The first kappa shape index (κ1) is 29.3. The van der Waals surface area contributed by atoms with Crippen molar-refractivity contribution >= 4 is 23.4 Å². The molecule has 7 atom stereocenters. The number of nitrogens with zero attached hydrogens (tertiary/aromatic N) is 1. The second kappa shape index (κ2) is 8.89. The van der Waals surface area contributed by atoms with Crippen molar-refractivity contribution in [1.29, 1.82) is 5.26 Å². The minimum Gasteiger partial charge on any atom is -0.295 e. The Kier molecular flexibility index (Phi) is 6.21. The van der Waals surface area contributed by atoms with Crippen LogP contribution in [0.15, 0.2) is 23.3 Å². The summed E-state index contributed by atoms with van der Waals surface area (Å²) in [7, 11) is 0. The maximum atomic E-state index is 14.6. The molecule has 0 unspecified atom stereocenters. The van der Waals surface area contributed by atoms with Crippen LogP contribution in [0.2, 0.25) is 0 Å². The third-order valence-electron chi connectivity index (χ3n) is 13.6. The zero-order valence-corrected chi connectivity index (χ0v) is 26.4. The number of carbonyl (C=O) groups excluding carboxylic acids is 4. The molecule has 7 heteroatoms. The van der Waals surface area contributed by atoms with Crippen LogP contribution in [0.25, 0.3) is 0 Å². The molecule has 0 aromatic heterocycles. The number of nitriles is 1. The van der Waals surface area contributed by atoms with Gasteiger partial charge in [0.2, 0.25) is 11.8 Å². The van der Waals surface area contributed by atoms with Crippen LogP contribution in [0.1, 0.15) is 106 Å². The molecule has 0 heterocycles. The van der Waals surface area contributed by atoms with Crippen LogP contribution in [-0.2, 0) is 19.2 Å². The van der Waals surface area contributed by atoms with Crippen molar-refractivity contribution in [2.75, 3.05) is 0 Å². The van der Waals surface area contributed by atoms with Gasteiger partial charge < -0.3 is 0 Å². The Labute approximate surface area is 250 Å². The number of allylic oxidation sites excluding steroid dienone is 4. The van der Waals surface area contributed by atoms with Gasteiger partial charge in [-0.25, -0.2) is 0 Å². The summed E-state index contributed by atoms with van der Waals surface area (Å²) in [6, 6.07) is 2.17. The predicted octanol–water partition coefficient (Wildman–Crippen LogP) is 5.76. The first-order valence-electron chi connectivity index (χ1n) is 16.0. The molecule has 226 valence electrons. The normalized spacial score (nSPS) is 43.2. The van der Waals surface area contributed by atoms with Gasteiger partial charge in [-0.3, -0.25) is 30.0 Å². The number of carbonyl (C=O) groups is 4. The highest BCUT2D eigenvalue weighted by Gasteiger charge is 2.70. The lowest BCUT2D eigenvalue weighted by atomic mass is 9.34. The first-order chi connectivity index (χ1) is 19.5.